The van der Waals surface area contributed by atoms with Gasteiger partial charge in [-0.05, 0) is 0 Å². The molecular weight excluding hydrogens is 336 g/mol. The summed E-state index contributed by atoms with van der Waals surface area (Å²) in [6.45, 7) is 1.76. The van der Waals surface area contributed by atoms with Crippen LogP contribution in [0.3, 0.4) is 0 Å². The van der Waals surface area contributed by atoms with E-state index in [9.17, 15) is 13.2 Å². The third-order valence-electron chi connectivity index (χ3n) is 2.06. The summed E-state index contributed by atoms with van der Waals surface area (Å²) < 4.78 is 38.9. The molecule has 1 aliphatic rings. The van der Waals surface area contributed by atoms with Gasteiger partial charge in [0.15, 0.2) is 0 Å². The van der Waals surface area contributed by atoms with E-state index in [-0.39, 0.29) is 11.4 Å². The standard InChI is InChI=1S/C9H12F3IN2O/c1-2-13-4-3-6(8(14)15-16)5-7(13)9(10,11)12/h3-5,7,16H,2H2,1H3,(H2,14,15). The van der Waals surface area contributed by atoms with Crippen LogP contribution in [0.5, 0.6) is 0 Å². The van der Waals surface area contributed by atoms with Crippen molar-refractivity contribution in [3.8, 4) is 0 Å². The van der Waals surface area contributed by atoms with Gasteiger partial charge in [0.2, 0.25) is 0 Å². The van der Waals surface area contributed by atoms with E-state index in [0.717, 1.165) is 6.08 Å². The van der Waals surface area contributed by atoms with Crippen molar-refractivity contribution in [2.45, 2.75) is 17.0 Å². The average Bonchev–Trinajstić information content (AvgIpc) is 2.26. The second-order valence-corrected chi connectivity index (χ2v) is 9.11. The zero-order valence-corrected chi connectivity index (χ0v) is 10.7. The van der Waals surface area contributed by atoms with Crippen molar-refractivity contribution < 1.29 is 18.4 Å². The minimum absolute atomic E-state index is 0.145. The van der Waals surface area contributed by atoms with Crippen LogP contribution in [0.2, 0.25) is 0 Å². The van der Waals surface area contributed by atoms with Crippen LogP contribution in [0.4, 0.5) is 13.2 Å². The van der Waals surface area contributed by atoms with Crippen molar-refractivity contribution in [2.75, 3.05) is 4.43 Å². The molecule has 0 aromatic carbocycles. The summed E-state index contributed by atoms with van der Waals surface area (Å²) in [5.41, 5.74) is 5.42. The first kappa shape index (κ1) is 13.3. The maximum atomic E-state index is 12.7. The van der Waals surface area contributed by atoms with Gasteiger partial charge in [-0.2, -0.15) is 0 Å². The molecule has 0 saturated carbocycles. The number of rotatable bonds is 2. The van der Waals surface area contributed by atoms with Gasteiger partial charge in [-0.25, -0.2) is 0 Å². The van der Waals surface area contributed by atoms with Crippen LogP contribution < -0.4 is 5.73 Å². The second kappa shape index (κ2) is 5.07. The summed E-state index contributed by atoms with van der Waals surface area (Å²) in [4.78, 5) is 0. The van der Waals surface area contributed by atoms with Crippen molar-refractivity contribution in [3.05, 3.63) is 21.8 Å². The summed E-state index contributed by atoms with van der Waals surface area (Å²) >= 11 is -2.19. The first-order valence-corrected chi connectivity index (χ1v) is 8.49. The van der Waals surface area contributed by atoms with Gasteiger partial charge in [0, 0.05) is 0 Å². The SMILES string of the molecule is CCI1C=CC(/C(N)=N/O)=CC1C(F)(F)F. The Morgan fingerprint density at radius 3 is 2.69 bits per heavy atom. The zero-order chi connectivity index (χ0) is 12.3. The Kier molecular flexibility index (Phi) is 4.22. The molecule has 7 heteroatoms. The molecule has 1 heterocycles. The quantitative estimate of drug-likeness (QED) is 0.201. The number of amidine groups is 1. The van der Waals surface area contributed by atoms with E-state index in [1.54, 1.807) is 11.0 Å². The van der Waals surface area contributed by atoms with Crippen LogP contribution in [0.1, 0.15) is 6.92 Å². The number of hydrogen-bond donors (Lipinski definition) is 2. The Bertz CT molecular complexity index is 349. The zero-order valence-electron chi connectivity index (χ0n) is 8.50. The number of oxime groups is 1. The Labute approximate surface area is 98.3 Å². The van der Waals surface area contributed by atoms with Gasteiger partial charge in [0.05, 0.1) is 0 Å². The van der Waals surface area contributed by atoms with Gasteiger partial charge in [-0.3, -0.25) is 0 Å². The molecule has 0 spiro atoms. The van der Waals surface area contributed by atoms with Crippen LogP contribution in [0.15, 0.2) is 27.0 Å². The molecule has 0 saturated heterocycles. The topological polar surface area (TPSA) is 58.6 Å². The molecule has 0 radical (unpaired) electrons. The van der Waals surface area contributed by atoms with Crippen molar-refractivity contribution >= 4 is 25.7 Å². The third-order valence-corrected chi connectivity index (χ3v) is 7.89. The average molecular weight is 348 g/mol. The Hall–Kier alpha value is -0.730. The van der Waals surface area contributed by atoms with Gasteiger partial charge in [-0.15, -0.1) is 0 Å². The summed E-state index contributed by atoms with van der Waals surface area (Å²) in [5, 5.41) is 11.1. The fourth-order valence-corrected chi connectivity index (χ4v) is 5.77. The van der Waals surface area contributed by atoms with Gasteiger partial charge < -0.3 is 0 Å². The molecular formula is C9H12F3IN2O. The predicted molar refractivity (Wildman–Crippen MR) is 65.0 cm³/mol. The number of alkyl halides is 5. The van der Waals surface area contributed by atoms with E-state index in [1.807, 2.05) is 0 Å². The number of allylic oxidation sites excluding steroid dienone is 1. The van der Waals surface area contributed by atoms with Gasteiger partial charge in [0.1, 0.15) is 0 Å². The molecule has 0 bridgehead atoms. The fourth-order valence-electron chi connectivity index (χ4n) is 1.26. The molecule has 3 N–H and O–H groups in total. The maximum absolute atomic E-state index is 12.7. The summed E-state index contributed by atoms with van der Waals surface area (Å²) in [6.07, 6.45) is -1.65. The number of halogens is 4. The molecule has 0 fully saturated rings. The first-order valence-electron chi connectivity index (χ1n) is 4.47. The summed E-state index contributed by atoms with van der Waals surface area (Å²) in [6, 6.07) is 0. The van der Waals surface area contributed by atoms with E-state index < -0.39 is 29.9 Å². The van der Waals surface area contributed by atoms with Gasteiger partial charge >= 0.3 is 98.2 Å². The molecule has 0 amide bonds. The number of hydrogen-bond acceptors (Lipinski definition) is 2. The van der Waals surface area contributed by atoms with Gasteiger partial charge in [-0.1, -0.05) is 0 Å². The van der Waals surface area contributed by atoms with Crippen molar-refractivity contribution in [1.82, 2.24) is 0 Å². The molecule has 0 aromatic heterocycles. The van der Waals surface area contributed by atoms with E-state index in [1.165, 1.54) is 6.08 Å². The van der Waals surface area contributed by atoms with E-state index in [4.69, 9.17) is 10.9 Å². The molecule has 3 nitrogen and oxygen atoms in total. The number of nitrogens with zero attached hydrogens (tertiary/aromatic N) is 1. The van der Waals surface area contributed by atoms with Crippen LogP contribution in [-0.4, -0.2) is 25.6 Å². The number of nitrogens with two attached hydrogens (primary N) is 1. The third kappa shape index (κ3) is 2.89. The van der Waals surface area contributed by atoms with Crippen LogP contribution in [-0.2, 0) is 0 Å². The monoisotopic (exact) mass is 348 g/mol. The van der Waals surface area contributed by atoms with Crippen LogP contribution in [0.25, 0.3) is 0 Å². The van der Waals surface area contributed by atoms with E-state index >= 15 is 0 Å². The van der Waals surface area contributed by atoms with E-state index in [0.29, 0.717) is 4.43 Å². The predicted octanol–water partition coefficient (Wildman–Crippen LogP) is 2.64. The molecule has 92 valence electrons. The molecule has 1 atom stereocenters. The Morgan fingerprint density at radius 1 is 1.62 bits per heavy atom. The minimum atomic E-state index is -4.24. The molecule has 0 aliphatic carbocycles. The summed E-state index contributed by atoms with van der Waals surface area (Å²) in [5.74, 6) is -0.280. The molecule has 1 rings (SSSR count). The molecule has 0 aromatic rings. The Balaban J connectivity index is 3.03. The van der Waals surface area contributed by atoms with Crippen molar-refractivity contribution in [1.29, 1.82) is 0 Å². The van der Waals surface area contributed by atoms with Crippen molar-refractivity contribution in [2.24, 2.45) is 10.9 Å². The summed E-state index contributed by atoms with van der Waals surface area (Å²) in [7, 11) is 0. The molecule has 16 heavy (non-hydrogen) atoms. The van der Waals surface area contributed by atoms with Crippen LogP contribution in [0, 0.1) is 0 Å². The fraction of sp³-hybridized carbons (Fsp3) is 0.444. The Morgan fingerprint density at radius 2 is 2.25 bits per heavy atom. The normalized spacial score (nSPS) is 24.5. The van der Waals surface area contributed by atoms with E-state index in [2.05, 4.69) is 5.16 Å². The first-order chi connectivity index (χ1) is 7.40. The second-order valence-electron chi connectivity index (χ2n) is 3.05. The molecule has 1 aliphatic heterocycles. The van der Waals surface area contributed by atoms with Crippen LogP contribution >= 0.6 is 19.8 Å². The van der Waals surface area contributed by atoms with Crippen molar-refractivity contribution in [3.63, 3.8) is 0 Å². The van der Waals surface area contributed by atoms with Gasteiger partial charge in [0.25, 0.3) is 0 Å². The molecule has 1 unspecified atom stereocenters.